The molecule has 1 aromatic rings. The lowest BCUT2D eigenvalue weighted by molar-refractivity contribution is 0.167. The highest BCUT2D eigenvalue weighted by Crippen LogP contribution is 2.30. The van der Waals surface area contributed by atoms with Crippen LogP contribution in [0.5, 0.6) is 0 Å². The third-order valence-electron chi connectivity index (χ3n) is 4.52. The molecule has 1 aliphatic heterocycles. The van der Waals surface area contributed by atoms with E-state index in [9.17, 15) is 5.11 Å². The van der Waals surface area contributed by atoms with E-state index in [0.29, 0.717) is 5.92 Å². The fourth-order valence-corrected chi connectivity index (χ4v) is 3.15. The fourth-order valence-electron chi connectivity index (χ4n) is 3.15. The van der Waals surface area contributed by atoms with Crippen LogP contribution in [0.3, 0.4) is 0 Å². The van der Waals surface area contributed by atoms with Crippen molar-refractivity contribution < 1.29 is 5.11 Å². The molecular weight excluding hydrogens is 260 g/mol. The normalized spacial score (nSPS) is 21.0. The van der Waals surface area contributed by atoms with Crippen LogP contribution in [0.1, 0.15) is 39.2 Å². The third kappa shape index (κ3) is 4.21. The molecule has 1 aliphatic rings. The largest absolute Gasteiger partial charge is 0.394 e. The number of hydrogen-bond acceptors (Lipinski definition) is 3. The summed E-state index contributed by atoms with van der Waals surface area (Å²) in [6, 6.07) is 8.74. The van der Waals surface area contributed by atoms with Gasteiger partial charge in [-0.05, 0) is 50.3 Å². The van der Waals surface area contributed by atoms with Crippen molar-refractivity contribution in [3.05, 3.63) is 29.8 Å². The molecule has 2 rings (SSSR count). The lowest BCUT2D eigenvalue weighted by atomic mass is 9.92. The van der Waals surface area contributed by atoms with E-state index in [-0.39, 0.29) is 12.1 Å². The van der Waals surface area contributed by atoms with Gasteiger partial charge in [-0.1, -0.05) is 32.0 Å². The van der Waals surface area contributed by atoms with Crippen LogP contribution < -0.4 is 10.2 Å². The van der Waals surface area contributed by atoms with E-state index in [1.807, 2.05) is 0 Å². The van der Waals surface area contributed by atoms with Gasteiger partial charge >= 0.3 is 0 Å². The zero-order valence-corrected chi connectivity index (χ0v) is 13.7. The number of anilines is 1. The van der Waals surface area contributed by atoms with Gasteiger partial charge in [0.25, 0.3) is 0 Å². The summed E-state index contributed by atoms with van der Waals surface area (Å²) in [5.41, 5.74) is 2.67. The number of aliphatic hydroxyl groups is 1. The maximum absolute atomic E-state index is 9.71. The standard InChI is InChI=1S/C18H30N2O/c1-4-10-19-18(3,14-21)9-11-20-13-15(2)12-16-7-5-6-8-17(16)20/h5-8,15,19,21H,4,9-14H2,1-3H3. The van der Waals surface area contributed by atoms with Gasteiger partial charge in [-0.25, -0.2) is 0 Å². The molecule has 2 atom stereocenters. The lowest BCUT2D eigenvalue weighted by Crippen LogP contribution is -2.49. The molecule has 2 N–H and O–H groups in total. The Hall–Kier alpha value is -1.06. The van der Waals surface area contributed by atoms with Gasteiger partial charge in [0.1, 0.15) is 0 Å². The summed E-state index contributed by atoms with van der Waals surface area (Å²) in [7, 11) is 0. The lowest BCUT2D eigenvalue weighted by Gasteiger charge is -2.38. The highest BCUT2D eigenvalue weighted by atomic mass is 16.3. The monoisotopic (exact) mass is 290 g/mol. The Kier molecular flexibility index (Phi) is 5.65. The van der Waals surface area contributed by atoms with Crippen molar-refractivity contribution in [1.82, 2.24) is 5.32 Å². The summed E-state index contributed by atoms with van der Waals surface area (Å²) >= 11 is 0. The highest BCUT2D eigenvalue weighted by molar-refractivity contribution is 5.55. The molecule has 3 nitrogen and oxygen atoms in total. The van der Waals surface area contributed by atoms with Gasteiger partial charge in [0.05, 0.1) is 6.61 Å². The Bertz CT molecular complexity index is 449. The van der Waals surface area contributed by atoms with Crippen LogP contribution in [-0.4, -0.2) is 36.9 Å². The van der Waals surface area contributed by atoms with Crippen molar-refractivity contribution in [3.63, 3.8) is 0 Å². The molecule has 0 amide bonds. The minimum Gasteiger partial charge on any atom is -0.394 e. The fraction of sp³-hybridized carbons (Fsp3) is 0.667. The molecule has 0 bridgehead atoms. The second-order valence-electron chi connectivity index (χ2n) is 6.78. The van der Waals surface area contributed by atoms with Gasteiger partial charge < -0.3 is 15.3 Å². The van der Waals surface area contributed by atoms with Gasteiger partial charge in [-0.15, -0.1) is 0 Å². The minimum absolute atomic E-state index is 0.175. The number of fused-ring (bicyclic) bond motifs is 1. The van der Waals surface area contributed by atoms with Gasteiger partial charge in [-0.2, -0.15) is 0 Å². The molecule has 2 unspecified atom stereocenters. The van der Waals surface area contributed by atoms with Crippen LogP contribution in [0.25, 0.3) is 0 Å². The summed E-state index contributed by atoms with van der Waals surface area (Å²) in [4.78, 5) is 2.49. The summed E-state index contributed by atoms with van der Waals surface area (Å²) in [6.45, 7) is 9.88. The van der Waals surface area contributed by atoms with Crippen LogP contribution in [-0.2, 0) is 6.42 Å². The van der Waals surface area contributed by atoms with Crippen molar-refractivity contribution in [3.8, 4) is 0 Å². The number of nitrogens with one attached hydrogen (secondary N) is 1. The van der Waals surface area contributed by atoms with E-state index in [4.69, 9.17) is 0 Å². The third-order valence-corrected chi connectivity index (χ3v) is 4.52. The Morgan fingerprint density at radius 2 is 2.14 bits per heavy atom. The van der Waals surface area contributed by atoms with Crippen molar-refractivity contribution in [2.45, 2.75) is 45.6 Å². The van der Waals surface area contributed by atoms with Crippen LogP contribution in [0, 0.1) is 5.92 Å². The molecule has 1 heterocycles. The first-order valence-corrected chi connectivity index (χ1v) is 8.26. The first-order valence-electron chi connectivity index (χ1n) is 8.26. The van der Waals surface area contributed by atoms with E-state index in [0.717, 1.165) is 32.5 Å². The van der Waals surface area contributed by atoms with E-state index in [1.165, 1.54) is 17.7 Å². The summed E-state index contributed by atoms with van der Waals surface area (Å²) in [5, 5.41) is 13.2. The maximum Gasteiger partial charge on any atom is 0.0611 e. The van der Waals surface area contributed by atoms with E-state index in [2.05, 4.69) is 55.3 Å². The highest BCUT2D eigenvalue weighted by Gasteiger charge is 2.26. The van der Waals surface area contributed by atoms with Crippen molar-refractivity contribution >= 4 is 5.69 Å². The molecule has 0 radical (unpaired) electrons. The Morgan fingerprint density at radius 3 is 2.86 bits per heavy atom. The molecule has 118 valence electrons. The number of benzene rings is 1. The molecule has 21 heavy (non-hydrogen) atoms. The average molecular weight is 290 g/mol. The SMILES string of the molecule is CCCNC(C)(CO)CCN1CC(C)Cc2ccccc21. The molecule has 0 saturated carbocycles. The Balaban J connectivity index is 2.02. The van der Waals surface area contributed by atoms with Gasteiger partial charge in [0, 0.05) is 24.3 Å². The molecule has 0 saturated heterocycles. The second-order valence-corrected chi connectivity index (χ2v) is 6.78. The van der Waals surface area contributed by atoms with E-state index in [1.54, 1.807) is 0 Å². The quantitative estimate of drug-likeness (QED) is 0.810. The van der Waals surface area contributed by atoms with Gasteiger partial charge in [0.2, 0.25) is 0 Å². The first-order chi connectivity index (χ1) is 10.1. The minimum atomic E-state index is -0.175. The molecule has 0 spiro atoms. The molecule has 3 heteroatoms. The number of aliphatic hydroxyl groups excluding tert-OH is 1. The van der Waals surface area contributed by atoms with Crippen LogP contribution in [0.15, 0.2) is 24.3 Å². The molecule has 1 aromatic carbocycles. The van der Waals surface area contributed by atoms with Crippen LogP contribution in [0.4, 0.5) is 5.69 Å². The van der Waals surface area contributed by atoms with Crippen molar-refractivity contribution in [2.75, 3.05) is 31.1 Å². The molecule has 0 aliphatic carbocycles. The topological polar surface area (TPSA) is 35.5 Å². The summed E-state index contributed by atoms with van der Waals surface area (Å²) in [6.07, 6.45) is 3.24. The number of hydrogen-bond donors (Lipinski definition) is 2. The Morgan fingerprint density at radius 1 is 1.38 bits per heavy atom. The smallest absolute Gasteiger partial charge is 0.0611 e. The van der Waals surface area contributed by atoms with Crippen molar-refractivity contribution in [1.29, 1.82) is 0 Å². The molecule has 0 aromatic heterocycles. The predicted octanol–water partition coefficient (Wildman–Crippen LogP) is 2.83. The Labute approximate surface area is 129 Å². The van der Waals surface area contributed by atoms with Gasteiger partial charge in [0.15, 0.2) is 0 Å². The van der Waals surface area contributed by atoms with E-state index >= 15 is 0 Å². The zero-order valence-electron chi connectivity index (χ0n) is 13.7. The number of para-hydroxylation sites is 1. The number of nitrogens with zero attached hydrogens (tertiary/aromatic N) is 1. The maximum atomic E-state index is 9.71. The van der Waals surface area contributed by atoms with Gasteiger partial charge in [-0.3, -0.25) is 0 Å². The number of rotatable bonds is 7. The predicted molar refractivity (Wildman–Crippen MR) is 89.9 cm³/mol. The second kappa shape index (κ2) is 7.28. The van der Waals surface area contributed by atoms with E-state index < -0.39 is 0 Å². The van der Waals surface area contributed by atoms with Crippen LogP contribution in [0.2, 0.25) is 0 Å². The zero-order chi connectivity index (χ0) is 15.3. The summed E-state index contributed by atoms with van der Waals surface area (Å²) < 4.78 is 0. The van der Waals surface area contributed by atoms with Crippen LogP contribution >= 0.6 is 0 Å². The molecule has 0 fully saturated rings. The summed E-state index contributed by atoms with van der Waals surface area (Å²) in [5.74, 6) is 0.698. The average Bonchev–Trinajstić information content (AvgIpc) is 2.50. The first kappa shape index (κ1) is 16.3. The van der Waals surface area contributed by atoms with Crippen molar-refractivity contribution in [2.24, 2.45) is 5.92 Å². The molecular formula is C18H30N2O.